The Hall–Kier alpha value is -0.430. The summed E-state index contributed by atoms with van der Waals surface area (Å²) in [6.07, 6.45) is 1.85. The maximum atomic E-state index is 12.5. The third kappa shape index (κ3) is 3.81. The molecule has 0 bridgehead atoms. The van der Waals surface area contributed by atoms with E-state index >= 15 is 0 Å². The van der Waals surface area contributed by atoms with E-state index in [0.717, 1.165) is 24.3 Å². The van der Waals surface area contributed by atoms with Crippen LogP contribution >= 0.6 is 11.3 Å². The SMILES string of the molecule is CC1CCN(S(=O)(=O)c2ccc(CCNC(C)C)s2)C1. The van der Waals surface area contributed by atoms with Crippen LogP contribution in [-0.4, -0.2) is 38.4 Å². The maximum absolute atomic E-state index is 12.5. The summed E-state index contributed by atoms with van der Waals surface area (Å²) >= 11 is 1.41. The fourth-order valence-corrected chi connectivity index (χ4v) is 5.44. The van der Waals surface area contributed by atoms with E-state index in [0.29, 0.717) is 29.3 Å². The van der Waals surface area contributed by atoms with E-state index in [4.69, 9.17) is 0 Å². The molecule has 1 aromatic heterocycles. The molecular weight excluding hydrogens is 292 g/mol. The summed E-state index contributed by atoms with van der Waals surface area (Å²) in [5.41, 5.74) is 0. The first kappa shape index (κ1) is 15.9. The van der Waals surface area contributed by atoms with E-state index in [2.05, 4.69) is 26.1 Å². The maximum Gasteiger partial charge on any atom is 0.252 e. The van der Waals surface area contributed by atoms with Crippen LogP contribution < -0.4 is 5.32 Å². The minimum atomic E-state index is -3.26. The predicted octanol–water partition coefficient (Wildman–Crippen LogP) is 2.32. The molecule has 1 N–H and O–H groups in total. The standard InChI is InChI=1S/C14H24N2O2S2/c1-11(2)15-8-6-13-4-5-14(19-13)20(17,18)16-9-7-12(3)10-16/h4-5,11-12,15H,6-10H2,1-3H3. The molecule has 4 nitrogen and oxygen atoms in total. The topological polar surface area (TPSA) is 49.4 Å². The number of sulfonamides is 1. The monoisotopic (exact) mass is 316 g/mol. The molecule has 0 spiro atoms. The molecule has 1 aromatic rings. The molecule has 1 atom stereocenters. The highest BCUT2D eigenvalue weighted by atomic mass is 32.2. The van der Waals surface area contributed by atoms with Crippen LogP contribution in [-0.2, 0) is 16.4 Å². The van der Waals surface area contributed by atoms with Crippen molar-refractivity contribution in [2.45, 2.75) is 43.9 Å². The van der Waals surface area contributed by atoms with Gasteiger partial charge in [-0.15, -0.1) is 11.3 Å². The van der Waals surface area contributed by atoms with E-state index < -0.39 is 10.0 Å². The molecule has 1 aliphatic heterocycles. The van der Waals surface area contributed by atoms with Crippen molar-refractivity contribution >= 4 is 21.4 Å². The largest absolute Gasteiger partial charge is 0.314 e. The summed E-state index contributed by atoms with van der Waals surface area (Å²) in [5.74, 6) is 0.472. The van der Waals surface area contributed by atoms with Gasteiger partial charge in [0.05, 0.1) is 0 Å². The van der Waals surface area contributed by atoms with Crippen molar-refractivity contribution in [1.82, 2.24) is 9.62 Å². The van der Waals surface area contributed by atoms with Crippen molar-refractivity contribution in [3.05, 3.63) is 17.0 Å². The van der Waals surface area contributed by atoms with Crippen LogP contribution in [0.15, 0.2) is 16.3 Å². The first-order valence-electron chi connectivity index (χ1n) is 7.22. The fraction of sp³-hybridized carbons (Fsp3) is 0.714. The zero-order valence-corrected chi connectivity index (χ0v) is 14.1. The molecule has 0 aliphatic carbocycles. The molecule has 1 aliphatic rings. The van der Waals surface area contributed by atoms with Gasteiger partial charge >= 0.3 is 0 Å². The summed E-state index contributed by atoms with van der Waals surface area (Å²) in [7, 11) is -3.26. The van der Waals surface area contributed by atoms with Crippen molar-refractivity contribution in [3.63, 3.8) is 0 Å². The Labute approximate surface area is 126 Å². The minimum absolute atomic E-state index is 0.462. The number of hydrogen-bond acceptors (Lipinski definition) is 4. The Morgan fingerprint density at radius 2 is 2.20 bits per heavy atom. The Morgan fingerprint density at radius 1 is 1.45 bits per heavy atom. The average Bonchev–Trinajstić information content (AvgIpc) is 2.98. The molecule has 1 unspecified atom stereocenters. The normalized spacial score (nSPS) is 20.9. The molecule has 0 saturated carbocycles. The van der Waals surface area contributed by atoms with Gasteiger partial charge in [-0.2, -0.15) is 4.31 Å². The highest BCUT2D eigenvalue weighted by Crippen LogP contribution is 2.28. The summed E-state index contributed by atoms with van der Waals surface area (Å²) in [4.78, 5) is 1.13. The first-order valence-corrected chi connectivity index (χ1v) is 9.47. The number of hydrogen-bond donors (Lipinski definition) is 1. The molecule has 0 amide bonds. The van der Waals surface area contributed by atoms with Gasteiger partial charge < -0.3 is 5.32 Å². The van der Waals surface area contributed by atoms with Gasteiger partial charge in [0.25, 0.3) is 10.0 Å². The zero-order valence-electron chi connectivity index (χ0n) is 12.4. The van der Waals surface area contributed by atoms with Gasteiger partial charge in [0.1, 0.15) is 4.21 Å². The second-order valence-electron chi connectivity index (χ2n) is 5.84. The van der Waals surface area contributed by atoms with Crippen LogP contribution in [0.2, 0.25) is 0 Å². The predicted molar refractivity (Wildman–Crippen MR) is 83.7 cm³/mol. The lowest BCUT2D eigenvalue weighted by atomic mass is 10.2. The van der Waals surface area contributed by atoms with Crippen molar-refractivity contribution in [2.75, 3.05) is 19.6 Å². The number of nitrogens with zero attached hydrogens (tertiary/aromatic N) is 1. The smallest absolute Gasteiger partial charge is 0.252 e. The van der Waals surface area contributed by atoms with Gasteiger partial charge in [-0.3, -0.25) is 0 Å². The van der Waals surface area contributed by atoms with Crippen molar-refractivity contribution in [3.8, 4) is 0 Å². The number of thiophene rings is 1. The van der Waals surface area contributed by atoms with Crippen LogP contribution in [0.5, 0.6) is 0 Å². The second kappa shape index (κ2) is 6.56. The summed E-state index contributed by atoms with van der Waals surface area (Å²) < 4.78 is 27.1. The molecule has 2 heterocycles. The number of nitrogens with one attached hydrogen (secondary N) is 1. The Morgan fingerprint density at radius 3 is 2.80 bits per heavy atom. The highest BCUT2D eigenvalue weighted by Gasteiger charge is 2.31. The van der Waals surface area contributed by atoms with Gasteiger partial charge in [-0.05, 0) is 30.9 Å². The van der Waals surface area contributed by atoms with Gasteiger partial charge in [0.2, 0.25) is 0 Å². The van der Waals surface area contributed by atoms with E-state index in [-0.39, 0.29) is 0 Å². The third-order valence-electron chi connectivity index (χ3n) is 3.54. The average molecular weight is 316 g/mol. The molecular formula is C14H24N2O2S2. The lowest BCUT2D eigenvalue weighted by Gasteiger charge is -2.14. The lowest BCUT2D eigenvalue weighted by Crippen LogP contribution is -2.28. The summed E-state index contributed by atoms with van der Waals surface area (Å²) in [6, 6.07) is 4.16. The fourth-order valence-electron chi connectivity index (χ4n) is 2.36. The van der Waals surface area contributed by atoms with Crippen molar-refractivity contribution in [1.29, 1.82) is 0 Å². The summed E-state index contributed by atoms with van der Waals surface area (Å²) in [5, 5.41) is 3.35. The van der Waals surface area contributed by atoms with E-state index in [1.54, 1.807) is 10.4 Å². The van der Waals surface area contributed by atoms with Crippen molar-refractivity contribution < 1.29 is 8.42 Å². The van der Waals surface area contributed by atoms with E-state index in [1.807, 2.05) is 6.07 Å². The van der Waals surface area contributed by atoms with E-state index in [1.165, 1.54) is 11.3 Å². The lowest BCUT2D eigenvalue weighted by molar-refractivity contribution is 0.466. The molecule has 1 fully saturated rings. The van der Waals surface area contributed by atoms with Crippen LogP contribution in [0.25, 0.3) is 0 Å². The molecule has 114 valence electrons. The van der Waals surface area contributed by atoms with Crippen LogP contribution in [0.4, 0.5) is 0 Å². The highest BCUT2D eigenvalue weighted by molar-refractivity contribution is 7.91. The quantitative estimate of drug-likeness (QED) is 0.876. The van der Waals surface area contributed by atoms with Gasteiger partial charge in [0, 0.05) is 30.6 Å². The second-order valence-corrected chi connectivity index (χ2v) is 9.17. The molecule has 20 heavy (non-hydrogen) atoms. The van der Waals surface area contributed by atoms with Crippen molar-refractivity contribution in [2.24, 2.45) is 5.92 Å². The first-order chi connectivity index (χ1) is 9.39. The third-order valence-corrected chi connectivity index (χ3v) is 7.02. The van der Waals surface area contributed by atoms with Gasteiger partial charge in [-0.25, -0.2) is 8.42 Å². The van der Waals surface area contributed by atoms with Crippen LogP contribution in [0.3, 0.4) is 0 Å². The molecule has 2 rings (SSSR count). The van der Waals surface area contributed by atoms with Crippen LogP contribution in [0, 0.1) is 5.92 Å². The zero-order chi connectivity index (χ0) is 14.8. The molecule has 0 radical (unpaired) electrons. The summed E-state index contributed by atoms with van der Waals surface area (Å²) in [6.45, 7) is 8.53. The van der Waals surface area contributed by atoms with Gasteiger partial charge in [-0.1, -0.05) is 20.8 Å². The Balaban J connectivity index is 2.00. The molecule has 0 aromatic carbocycles. The number of rotatable bonds is 6. The molecule has 1 saturated heterocycles. The van der Waals surface area contributed by atoms with Gasteiger partial charge in [0.15, 0.2) is 0 Å². The Bertz CT molecular complexity index is 537. The van der Waals surface area contributed by atoms with E-state index in [9.17, 15) is 8.42 Å². The molecule has 6 heteroatoms. The van der Waals surface area contributed by atoms with Crippen LogP contribution in [0.1, 0.15) is 32.1 Å². The Kier molecular flexibility index (Phi) is 5.23. The minimum Gasteiger partial charge on any atom is -0.314 e.